The summed E-state index contributed by atoms with van der Waals surface area (Å²) in [5.74, 6) is -2.51. The molecule has 150 valence electrons. The van der Waals surface area contributed by atoms with E-state index in [0.29, 0.717) is 12.2 Å². The lowest BCUT2D eigenvalue weighted by Gasteiger charge is -2.25. The summed E-state index contributed by atoms with van der Waals surface area (Å²) in [7, 11) is 4.26. The average Bonchev–Trinajstić information content (AvgIpc) is 2.67. The molecule has 0 aromatic heterocycles. The van der Waals surface area contributed by atoms with Gasteiger partial charge in [-0.15, -0.1) is 0 Å². The van der Waals surface area contributed by atoms with Crippen LogP contribution in [0.25, 0.3) is 0 Å². The summed E-state index contributed by atoms with van der Waals surface area (Å²) in [6, 6.07) is 21.4. The first kappa shape index (κ1) is 22.9. The molecule has 0 aliphatic heterocycles. The molecule has 0 bridgehead atoms. The van der Waals surface area contributed by atoms with E-state index in [0.717, 1.165) is 19.6 Å². The maximum Gasteiger partial charge on any atom is 0.328 e. The Morgan fingerprint density at radius 1 is 0.821 bits per heavy atom. The van der Waals surface area contributed by atoms with E-state index in [4.69, 9.17) is 10.2 Å². The second kappa shape index (κ2) is 13.1. The summed E-state index contributed by atoms with van der Waals surface area (Å²) in [5, 5.41) is 15.6. The van der Waals surface area contributed by atoms with E-state index in [1.54, 1.807) is 0 Å². The van der Waals surface area contributed by atoms with Crippen molar-refractivity contribution in [3.8, 4) is 0 Å². The SMILES string of the molecule is CN(C)CCCN(Cc1ccccc1)c1ccccc1.O=C(O)/C=C/C(=O)O. The topological polar surface area (TPSA) is 81.1 Å². The van der Waals surface area contributed by atoms with Gasteiger partial charge in [-0.05, 0) is 44.8 Å². The summed E-state index contributed by atoms with van der Waals surface area (Å²) in [5.41, 5.74) is 2.66. The Kier molecular flexibility index (Phi) is 10.7. The fourth-order valence-electron chi connectivity index (χ4n) is 2.46. The summed E-state index contributed by atoms with van der Waals surface area (Å²) >= 11 is 0. The largest absolute Gasteiger partial charge is 0.478 e. The molecule has 2 N–H and O–H groups in total. The zero-order chi connectivity index (χ0) is 20.8. The van der Waals surface area contributed by atoms with Crippen molar-refractivity contribution in [2.24, 2.45) is 0 Å². The number of aliphatic carboxylic acids is 2. The van der Waals surface area contributed by atoms with Crippen molar-refractivity contribution in [3.05, 3.63) is 78.4 Å². The van der Waals surface area contributed by atoms with Crippen LogP contribution in [-0.2, 0) is 16.1 Å². The molecule has 2 aromatic rings. The Hall–Kier alpha value is -3.12. The Morgan fingerprint density at radius 2 is 1.32 bits per heavy atom. The minimum atomic E-state index is -1.26. The lowest BCUT2D eigenvalue weighted by molar-refractivity contribution is -0.134. The standard InChI is InChI=1S/C18H24N2.C4H4O4/c1-19(2)14-9-15-20(18-12-7-4-8-13-18)16-17-10-5-3-6-11-17;5-3(6)1-2-4(7)8/h3-8,10-13H,9,14-16H2,1-2H3;1-2H,(H,5,6)(H,7,8)/b;2-1+. The Balaban J connectivity index is 0.000000416. The molecule has 2 aromatic carbocycles. The Morgan fingerprint density at radius 3 is 1.79 bits per heavy atom. The van der Waals surface area contributed by atoms with Crippen molar-refractivity contribution in [2.75, 3.05) is 32.1 Å². The third kappa shape index (κ3) is 10.8. The van der Waals surface area contributed by atoms with Crippen molar-refractivity contribution in [1.82, 2.24) is 4.90 Å². The molecule has 0 radical (unpaired) electrons. The molecule has 0 spiro atoms. The van der Waals surface area contributed by atoms with Crippen LogP contribution < -0.4 is 4.90 Å². The van der Waals surface area contributed by atoms with Gasteiger partial charge in [-0.3, -0.25) is 0 Å². The molecular weight excluding hydrogens is 356 g/mol. The van der Waals surface area contributed by atoms with E-state index >= 15 is 0 Å². The summed E-state index contributed by atoms with van der Waals surface area (Å²) in [4.78, 5) is 23.8. The van der Waals surface area contributed by atoms with Crippen LogP contribution in [0.4, 0.5) is 5.69 Å². The van der Waals surface area contributed by atoms with Crippen molar-refractivity contribution in [2.45, 2.75) is 13.0 Å². The van der Waals surface area contributed by atoms with Gasteiger partial charge in [0.2, 0.25) is 0 Å². The molecule has 0 saturated carbocycles. The van der Waals surface area contributed by atoms with E-state index in [9.17, 15) is 9.59 Å². The molecule has 0 saturated heterocycles. The van der Waals surface area contributed by atoms with Crippen LogP contribution in [0.1, 0.15) is 12.0 Å². The first-order valence-electron chi connectivity index (χ1n) is 9.01. The average molecular weight is 384 g/mol. The van der Waals surface area contributed by atoms with Gasteiger partial charge >= 0.3 is 11.9 Å². The van der Waals surface area contributed by atoms with Gasteiger partial charge in [0.25, 0.3) is 0 Å². The third-order valence-electron chi connectivity index (χ3n) is 3.74. The maximum absolute atomic E-state index is 9.55. The molecule has 0 unspecified atom stereocenters. The number of para-hydroxylation sites is 1. The van der Waals surface area contributed by atoms with Crippen molar-refractivity contribution >= 4 is 17.6 Å². The van der Waals surface area contributed by atoms with E-state index in [2.05, 4.69) is 84.6 Å². The first-order chi connectivity index (χ1) is 13.4. The second-order valence-corrected chi connectivity index (χ2v) is 6.41. The summed E-state index contributed by atoms with van der Waals surface area (Å²) in [6.07, 6.45) is 2.29. The van der Waals surface area contributed by atoms with E-state index in [1.165, 1.54) is 17.7 Å². The second-order valence-electron chi connectivity index (χ2n) is 6.41. The Labute approximate surface area is 166 Å². The number of carboxylic acids is 2. The van der Waals surface area contributed by atoms with Gasteiger partial charge in [0.1, 0.15) is 0 Å². The quantitative estimate of drug-likeness (QED) is 0.645. The molecule has 0 fully saturated rings. The van der Waals surface area contributed by atoms with E-state index in [-0.39, 0.29) is 0 Å². The highest BCUT2D eigenvalue weighted by molar-refractivity contribution is 5.89. The molecule has 28 heavy (non-hydrogen) atoms. The normalized spacial score (nSPS) is 10.4. The molecular formula is C22H28N2O4. The lowest BCUT2D eigenvalue weighted by atomic mass is 10.2. The smallest absolute Gasteiger partial charge is 0.328 e. The number of carbonyl (C=O) groups is 2. The zero-order valence-electron chi connectivity index (χ0n) is 16.4. The van der Waals surface area contributed by atoms with Crippen LogP contribution >= 0.6 is 0 Å². The molecule has 0 heterocycles. The Bertz CT molecular complexity index is 715. The fourth-order valence-corrected chi connectivity index (χ4v) is 2.46. The van der Waals surface area contributed by atoms with Crippen molar-refractivity contribution < 1.29 is 19.8 Å². The molecule has 0 atom stereocenters. The van der Waals surface area contributed by atoms with Gasteiger partial charge in [0.05, 0.1) is 0 Å². The van der Waals surface area contributed by atoms with Crippen LogP contribution in [-0.4, -0.2) is 54.2 Å². The summed E-state index contributed by atoms with van der Waals surface area (Å²) < 4.78 is 0. The fraction of sp³-hybridized carbons (Fsp3) is 0.273. The van der Waals surface area contributed by atoms with Crippen LogP contribution in [0.2, 0.25) is 0 Å². The van der Waals surface area contributed by atoms with Gasteiger partial charge in [0.15, 0.2) is 0 Å². The number of nitrogens with zero attached hydrogens (tertiary/aromatic N) is 2. The molecule has 0 aliphatic carbocycles. The highest BCUT2D eigenvalue weighted by Gasteiger charge is 2.07. The number of anilines is 1. The number of carboxylic acid groups (broad SMARTS) is 2. The number of benzene rings is 2. The molecule has 0 aliphatic rings. The van der Waals surface area contributed by atoms with Gasteiger partial charge < -0.3 is 20.0 Å². The molecule has 6 nitrogen and oxygen atoms in total. The maximum atomic E-state index is 9.55. The van der Waals surface area contributed by atoms with Gasteiger partial charge in [-0.1, -0.05) is 48.5 Å². The van der Waals surface area contributed by atoms with Crippen LogP contribution in [0, 0.1) is 0 Å². The van der Waals surface area contributed by atoms with Crippen LogP contribution in [0.15, 0.2) is 72.8 Å². The number of hydrogen-bond donors (Lipinski definition) is 2. The van der Waals surface area contributed by atoms with Crippen molar-refractivity contribution in [3.63, 3.8) is 0 Å². The van der Waals surface area contributed by atoms with E-state index < -0.39 is 11.9 Å². The predicted octanol–water partition coefficient (Wildman–Crippen LogP) is 3.36. The lowest BCUT2D eigenvalue weighted by Crippen LogP contribution is -2.26. The van der Waals surface area contributed by atoms with E-state index in [1.807, 2.05) is 0 Å². The van der Waals surface area contributed by atoms with Crippen molar-refractivity contribution in [1.29, 1.82) is 0 Å². The number of rotatable bonds is 9. The first-order valence-corrected chi connectivity index (χ1v) is 9.01. The molecule has 0 amide bonds. The molecule has 6 heteroatoms. The van der Waals surface area contributed by atoms with Crippen LogP contribution in [0.3, 0.4) is 0 Å². The predicted molar refractivity (Wildman–Crippen MR) is 112 cm³/mol. The number of hydrogen-bond acceptors (Lipinski definition) is 4. The van der Waals surface area contributed by atoms with Crippen LogP contribution in [0.5, 0.6) is 0 Å². The highest BCUT2D eigenvalue weighted by atomic mass is 16.4. The van der Waals surface area contributed by atoms with Gasteiger partial charge in [-0.2, -0.15) is 0 Å². The minimum Gasteiger partial charge on any atom is -0.478 e. The minimum absolute atomic E-state index is 0.558. The summed E-state index contributed by atoms with van der Waals surface area (Å²) in [6.45, 7) is 3.17. The van der Waals surface area contributed by atoms with Gasteiger partial charge in [-0.25, -0.2) is 9.59 Å². The molecule has 2 rings (SSSR count). The monoisotopic (exact) mass is 384 g/mol. The van der Waals surface area contributed by atoms with Gasteiger partial charge in [0, 0.05) is 30.9 Å². The zero-order valence-corrected chi connectivity index (χ0v) is 16.4. The third-order valence-corrected chi connectivity index (χ3v) is 3.74. The highest BCUT2D eigenvalue weighted by Crippen LogP contribution is 2.17.